The summed E-state index contributed by atoms with van der Waals surface area (Å²) in [6, 6.07) is 3.68. The number of aromatic amines is 1. The summed E-state index contributed by atoms with van der Waals surface area (Å²) in [5, 5.41) is 3.29. The molecule has 3 aromatic heterocycles. The zero-order chi connectivity index (χ0) is 21.4. The van der Waals surface area contributed by atoms with Crippen LogP contribution in [-0.2, 0) is 16.6 Å². The predicted octanol–water partition coefficient (Wildman–Crippen LogP) is 1.65. The van der Waals surface area contributed by atoms with Crippen molar-refractivity contribution in [3.63, 3.8) is 0 Å². The highest BCUT2D eigenvalue weighted by molar-refractivity contribution is 7.89. The Labute approximate surface area is 179 Å². The van der Waals surface area contributed by atoms with E-state index in [1.165, 1.54) is 23.1 Å². The topological polar surface area (TPSA) is 124 Å². The number of nitrogens with one attached hydrogen (secondary N) is 2. The van der Waals surface area contributed by atoms with E-state index in [4.69, 9.17) is 4.42 Å². The molecule has 0 spiro atoms. The number of hydrogen-bond acceptors (Lipinski definition) is 6. The monoisotopic (exact) mass is 444 g/mol. The fraction of sp³-hybridized carbons (Fsp3) is 0.450. The average Bonchev–Trinajstić information content (AvgIpc) is 3.41. The Balaban J connectivity index is 1.14. The standard InChI is InChI=1S/C20H24N6O4S/c27-20(23-8-15-12-30-13-24-15)25-10-16(11-25)31(28,29)26-6-3-14(4-7-26)18-9-22-19-17(18)2-1-5-21-19/h1-2,5,9,12-14,16H,3-4,6-8,10-11H2,(H,21,22)(H,23,27). The summed E-state index contributed by atoms with van der Waals surface area (Å²) in [4.78, 5) is 25.2. The summed E-state index contributed by atoms with van der Waals surface area (Å²) in [7, 11) is -3.42. The van der Waals surface area contributed by atoms with Gasteiger partial charge in [0.1, 0.15) is 17.2 Å². The zero-order valence-corrected chi connectivity index (χ0v) is 17.7. The van der Waals surface area contributed by atoms with E-state index in [0.29, 0.717) is 24.7 Å². The second-order valence-corrected chi connectivity index (χ2v) is 10.2. The van der Waals surface area contributed by atoms with E-state index in [0.717, 1.165) is 23.9 Å². The third-order valence-corrected chi connectivity index (χ3v) is 8.42. The van der Waals surface area contributed by atoms with Crippen molar-refractivity contribution >= 4 is 27.1 Å². The lowest BCUT2D eigenvalue weighted by Crippen LogP contribution is -2.62. The Hall–Kier alpha value is -2.92. The predicted molar refractivity (Wildman–Crippen MR) is 113 cm³/mol. The van der Waals surface area contributed by atoms with Crippen LogP contribution in [0.1, 0.15) is 30.0 Å². The normalized spacial score (nSPS) is 18.9. The van der Waals surface area contributed by atoms with Crippen LogP contribution >= 0.6 is 0 Å². The van der Waals surface area contributed by atoms with E-state index in [9.17, 15) is 13.2 Å². The van der Waals surface area contributed by atoms with Crippen molar-refractivity contribution < 1.29 is 17.6 Å². The smallest absolute Gasteiger partial charge is 0.317 e. The van der Waals surface area contributed by atoms with Crippen molar-refractivity contribution in [2.24, 2.45) is 0 Å². The molecule has 5 heterocycles. The lowest BCUT2D eigenvalue weighted by atomic mass is 9.90. The molecule has 31 heavy (non-hydrogen) atoms. The van der Waals surface area contributed by atoms with Gasteiger partial charge in [0, 0.05) is 44.0 Å². The van der Waals surface area contributed by atoms with E-state index < -0.39 is 15.3 Å². The number of carbonyl (C=O) groups is 1. The van der Waals surface area contributed by atoms with E-state index in [-0.39, 0.29) is 25.7 Å². The number of rotatable bonds is 5. The van der Waals surface area contributed by atoms with Gasteiger partial charge in [0.25, 0.3) is 0 Å². The number of nitrogens with zero attached hydrogens (tertiary/aromatic N) is 4. The Morgan fingerprint density at radius 3 is 2.81 bits per heavy atom. The van der Waals surface area contributed by atoms with Crippen LogP contribution < -0.4 is 5.32 Å². The highest BCUT2D eigenvalue weighted by atomic mass is 32.2. The molecule has 2 amide bonds. The number of oxazole rings is 1. The molecule has 0 radical (unpaired) electrons. The van der Waals surface area contributed by atoms with Gasteiger partial charge in [-0.15, -0.1) is 0 Å². The Morgan fingerprint density at radius 1 is 1.26 bits per heavy atom. The van der Waals surface area contributed by atoms with E-state index in [2.05, 4.69) is 20.3 Å². The number of H-pyrrole nitrogens is 1. The lowest BCUT2D eigenvalue weighted by molar-refractivity contribution is 0.166. The van der Waals surface area contributed by atoms with Crippen molar-refractivity contribution in [2.75, 3.05) is 26.2 Å². The molecule has 11 heteroatoms. The zero-order valence-electron chi connectivity index (χ0n) is 16.9. The van der Waals surface area contributed by atoms with Crippen molar-refractivity contribution in [3.8, 4) is 0 Å². The molecule has 0 bridgehead atoms. The molecule has 0 aliphatic carbocycles. The van der Waals surface area contributed by atoms with E-state index in [1.807, 2.05) is 18.3 Å². The second kappa shape index (κ2) is 7.97. The Bertz CT molecular complexity index is 1160. The van der Waals surface area contributed by atoms with Gasteiger partial charge in [-0.05, 0) is 36.5 Å². The van der Waals surface area contributed by atoms with Gasteiger partial charge >= 0.3 is 6.03 Å². The van der Waals surface area contributed by atoms with Gasteiger partial charge in [0.15, 0.2) is 6.39 Å². The average molecular weight is 445 g/mol. The van der Waals surface area contributed by atoms with Gasteiger partial charge in [0.2, 0.25) is 10.0 Å². The summed E-state index contributed by atoms with van der Waals surface area (Å²) in [6.07, 6.45) is 8.06. The molecule has 0 atom stereocenters. The molecule has 5 rings (SSSR count). The highest BCUT2D eigenvalue weighted by Gasteiger charge is 2.43. The SMILES string of the molecule is O=C(NCc1cocn1)N1CC(S(=O)(=O)N2CCC(c3c[nH]c4ncccc34)CC2)C1. The quantitative estimate of drug-likeness (QED) is 0.617. The molecule has 10 nitrogen and oxygen atoms in total. The number of hydrogen-bond donors (Lipinski definition) is 2. The van der Waals surface area contributed by atoms with Crippen LogP contribution in [0.15, 0.2) is 41.6 Å². The summed E-state index contributed by atoms with van der Waals surface area (Å²) in [5.74, 6) is 0.310. The molecule has 2 aliphatic heterocycles. The fourth-order valence-electron chi connectivity index (χ4n) is 4.34. The van der Waals surface area contributed by atoms with Crippen molar-refractivity contribution in [3.05, 3.63) is 48.4 Å². The van der Waals surface area contributed by atoms with Gasteiger partial charge in [-0.2, -0.15) is 0 Å². The number of piperidine rings is 1. The molecular weight excluding hydrogens is 420 g/mol. The molecule has 2 fully saturated rings. The minimum atomic E-state index is -3.42. The molecule has 0 saturated carbocycles. The summed E-state index contributed by atoms with van der Waals surface area (Å²) in [6.45, 7) is 1.66. The minimum absolute atomic E-state index is 0.209. The maximum atomic E-state index is 13.0. The maximum absolute atomic E-state index is 13.0. The van der Waals surface area contributed by atoms with Crippen molar-refractivity contribution in [2.45, 2.75) is 30.6 Å². The number of carbonyl (C=O) groups excluding carboxylic acids is 1. The molecule has 0 unspecified atom stereocenters. The fourth-order valence-corrected chi connectivity index (χ4v) is 6.22. The van der Waals surface area contributed by atoms with Crippen LogP contribution in [0.25, 0.3) is 11.0 Å². The van der Waals surface area contributed by atoms with Gasteiger partial charge < -0.3 is 19.6 Å². The molecule has 0 aromatic carbocycles. The van der Waals surface area contributed by atoms with Gasteiger partial charge in [-0.25, -0.2) is 27.5 Å². The van der Waals surface area contributed by atoms with Crippen LogP contribution in [-0.4, -0.2) is 70.0 Å². The second-order valence-electron chi connectivity index (χ2n) is 8.03. The van der Waals surface area contributed by atoms with Crippen LogP contribution in [0.3, 0.4) is 0 Å². The number of fused-ring (bicyclic) bond motifs is 1. The first kappa shape index (κ1) is 20.0. The molecule has 2 aliphatic rings. The van der Waals surface area contributed by atoms with Gasteiger partial charge in [0.05, 0.1) is 12.2 Å². The molecule has 3 aromatic rings. The maximum Gasteiger partial charge on any atom is 0.317 e. The van der Waals surface area contributed by atoms with Gasteiger partial charge in [-0.3, -0.25) is 0 Å². The summed E-state index contributed by atoms with van der Waals surface area (Å²) >= 11 is 0. The van der Waals surface area contributed by atoms with Crippen LogP contribution in [0.4, 0.5) is 4.79 Å². The molecular formula is C20H24N6O4S. The Kier molecular flexibility index (Phi) is 5.14. The number of pyridine rings is 1. The van der Waals surface area contributed by atoms with Crippen LogP contribution in [0.2, 0.25) is 0 Å². The third kappa shape index (κ3) is 3.79. The molecule has 164 valence electrons. The first-order valence-electron chi connectivity index (χ1n) is 10.3. The number of aromatic nitrogens is 3. The first-order valence-corrected chi connectivity index (χ1v) is 11.8. The number of sulfonamides is 1. The number of urea groups is 1. The Morgan fingerprint density at radius 2 is 2.06 bits per heavy atom. The van der Waals surface area contributed by atoms with Crippen molar-refractivity contribution in [1.29, 1.82) is 0 Å². The summed E-state index contributed by atoms with van der Waals surface area (Å²) in [5.41, 5.74) is 2.69. The first-order chi connectivity index (χ1) is 15.0. The molecule has 2 saturated heterocycles. The number of likely N-dealkylation sites (tertiary alicyclic amines) is 1. The largest absolute Gasteiger partial charge is 0.451 e. The minimum Gasteiger partial charge on any atom is -0.451 e. The summed E-state index contributed by atoms with van der Waals surface area (Å²) < 4.78 is 32.5. The number of amides is 2. The molecule has 2 N–H and O–H groups in total. The van der Waals surface area contributed by atoms with Crippen LogP contribution in [0, 0.1) is 0 Å². The van der Waals surface area contributed by atoms with Crippen molar-refractivity contribution in [1.82, 2.24) is 29.5 Å². The van der Waals surface area contributed by atoms with Gasteiger partial charge in [-0.1, -0.05) is 0 Å². The van der Waals surface area contributed by atoms with Crippen LogP contribution in [0.5, 0.6) is 0 Å². The highest BCUT2D eigenvalue weighted by Crippen LogP contribution is 2.34. The van der Waals surface area contributed by atoms with E-state index in [1.54, 1.807) is 10.5 Å². The lowest BCUT2D eigenvalue weighted by Gasteiger charge is -2.42. The third-order valence-electron chi connectivity index (χ3n) is 6.20. The van der Waals surface area contributed by atoms with E-state index >= 15 is 0 Å².